The Labute approximate surface area is 104 Å². The first-order chi connectivity index (χ1) is 8.21. The van der Waals surface area contributed by atoms with Crippen molar-refractivity contribution in [3.05, 3.63) is 0 Å². The summed E-state index contributed by atoms with van der Waals surface area (Å²) in [5.74, 6) is 1.19. The van der Waals surface area contributed by atoms with Gasteiger partial charge in [-0.05, 0) is 43.9 Å². The van der Waals surface area contributed by atoms with Gasteiger partial charge in [0.15, 0.2) is 0 Å². The Bertz CT molecular complexity index is 311. The van der Waals surface area contributed by atoms with Gasteiger partial charge in [0.1, 0.15) is 5.54 Å². The first kappa shape index (κ1) is 11.5. The van der Waals surface area contributed by atoms with Crippen LogP contribution in [0, 0.1) is 11.8 Å². The van der Waals surface area contributed by atoms with Crippen molar-refractivity contribution in [2.24, 2.45) is 17.6 Å². The summed E-state index contributed by atoms with van der Waals surface area (Å²) in [5.41, 5.74) is 5.39. The van der Waals surface area contributed by atoms with Gasteiger partial charge in [0.25, 0.3) is 0 Å². The first-order valence-electron chi connectivity index (χ1n) is 7.28. The second-order valence-electron chi connectivity index (χ2n) is 6.40. The van der Waals surface area contributed by atoms with E-state index in [1.807, 2.05) is 0 Å². The molecule has 0 saturated heterocycles. The molecule has 0 heterocycles. The van der Waals surface area contributed by atoms with Gasteiger partial charge in [0.2, 0.25) is 5.91 Å². The van der Waals surface area contributed by atoms with Crippen molar-refractivity contribution >= 4 is 5.91 Å². The SMILES string of the molecule is NC(=O)C1(NC2CCCCC2)CC2CCC1C2. The molecule has 3 heteroatoms. The first-order valence-corrected chi connectivity index (χ1v) is 7.28. The van der Waals surface area contributed by atoms with E-state index in [1.54, 1.807) is 0 Å². The third kappa shape index (κ3) is 1.88. The van der Waals surface area contributed by atoms with E-state index in [0.29, 0.717) is 12.0 Å². The van der Waals surface area contributed by atoms with E-state index in [9.17, 15) is 4.79 Å². The number of hydrogen-bond donors (Lipinski definition) is 2. The number of nitrogens with two attached hydrogens (primary N) is 1. The van der Waals surface area contributed by atoms with Crippen LogP contribution in [0.15, 0.2) is 0 Å². The molecule has 1 amide bonds. The molecule has 0 aliphatic heterocycles. The number of primary amides is 1. The molecular weight excluding hydrogens is 212 g/mol. The fraction of sp³-hybridized carbons (Fsp3) is 0.929. The van der Waals surface area contributed by atoms with Crippen LogP contribution in [-0.2, 0) is 4.79 Å². The van der Waals surface area contributed by atoms with Crippen LogP contribution >= 0.6 is 0 Å². The van der Waals surface area contributed by atoms with Crippen LogP contribution in [0.2, 0.25) is 0 Å². The standard InChI is InChI=1S/C14H24N2O/c15-13(17)14(9-10-6-7-11(14)8-10)16-12-4-2-1-3-5-12/h10-12,16H,1-9H2,(H2,15,17). The lowest BCUT2D eigenvalue weighted by Crippen LogP contribution is -2.61. The molecule has 3 saturated carbocycles. The molecular formula is C14H24N2O. The average molecular weight is 236 g/mol. The predicted molar refractivity (Wildman–Crippen MR) is 67.4 cm³/mol. The van der Waals surface area contributed by atoms with Gasteiger partial charge in [-0.15, -0.1) is 0 Å². The number of fused-ring (bicyclic) bond motifs is 2. The molecule has 3 unspecified atom stereocenters. The molecule has 3 atom stereocenters. The summed E-state index contributed by atoms with van der Waals surface area (Å²) in [5, 5.41) is 3.69. The largest absolute Gasteiger partial charge is 0.368 e. The van der Waals surface area contributed by atoms with E-state index < -0.39 is 0 Å². The highest BCUT2D eigenvalue weighted by molar-refractivity contribution is 5.85. The van der Waals surface area contributed by atoms with Crippen LogP contribution in [0.3, 0.4) is 0 Å². The van der Waals surface area contributed by atoms with Crippen LogP contribution in [-0.4, -0.2) is 17.5 Å². The number of nitrogens with one attached hydrogen (secondary N) is 1. The molecule has 0 aromatic heterocycles. The van der Waals surface area contributed by atoms with Crippen molar-refractivity contribution in [2.75, 3.05) is 0 Å². The molecule has 3 nitrogen and oxygen atoms in total. The van der Waals surface area contributed by atoms with Gasteiger partial charge in [-0.3, -0.25) is 4.79 Å². The van der Waals surface area contributed by atoms with Crippen LogP contribution in [0.25, 0.3) is 0 Å². The van der Waals surface area contributed by atoms with Gasteiger partial charge in [0.05, 0.1) is 0 Å². The van der Waals surface area contributed by atoms with E-state index in [0.717, 1.165) is 12.3 Å². The summed E-state index contributed by atoms with van der Waals surface area (Å²) in [4.78, 5) is 11.9. The topological polar surface area (TPSA) is 55.1 Å². The molecule has 2 bridgehead atoms. The smallest absolute Gasteiger partial charge is 0.238 e. The lowest BCUT2D eigenvalue weighted by molar-refractivity contribution is -0.127. The lowest BCUT2D eigenvalue weighted by Gasteiger charge is -2.40. The van der Waals surface area contributed by atoms with Crippen LogP contribution in [0.1, 0.15) is 57.8 Å². The highest BCUT2D eigenvalue weighted by Crippen LogP contribution is 2.51. The second kappa shape index (κ2) is 4.27. The molecule has 3 aliphatic rings. The number of rotatable bonds is 3. The van der Waals surface area contributed by atoms with Crippen LogP contribution < -0.4 is 11.1 Å². The van der Waals surface area contributed by atoms with E-state index in [4.69, 9.17) is 5.73 Å². The second-order valence-corrected chi connectivity index (χ2v) is 6.40. The van der Waals surface area contributed by atoms with Crippen LogP contribution in [0.4, 0.5) is 0 Å². The fourth-order valence-corrected chi connectivity index (χ4v) is 4.49. The Kier molecular flexibility index (Phi) is 2.89. The zero-order valence-electron chi connectivity index (χ0n) is 10.6. The van der Waals surface area contributed by atoms with Crippen molar-refractivity contribution in [1.29, 1.82) is 0 Å². The maximum atomic E-state index is 11.9. The zero-order chi connectivity index (χ0) is 11.9. The molecule has 3 N–H and O–H groups in total. The minimum absolute atomic E-state index is 0.0877. The van der Waals surface area contributed by atoms with E-state index in [1.165, 1.54) is 51.4 Å². The van der Waals surface area contributed by atoms with Crippen molar-refractivity contribution in [1.82, 2.24) is 5.32 Å². The molecule has 0 aromatic rings. The van der Waals surface area contributed by atoms with Gasteiger partial charge >= 0.3 is 0 Å². The summed E-state index contributed by atoms with van der Waals surface area (Å²) in [6.07, 6.45) is 11.2. The Hall–Kier alpha value is -0.570. The zero-order valence-corrected chi connectivity index (χ0v) is 10.6. The summed E-state index contributed by atoms with van der Waals surface area (Å²) in [6.45, 7) is 0. The maximum absolute atomic E-state index is 11.9. The maximum Gasteiger partial charge on any atom is 0.238 e. The molecule has 3 aliphatic carbocycles. The predicted octanol–water partition coefficient (Wildman–Crippen LogP) is 1.95. The Balaban J connectivity index is 1.74. The third-order valence-electron chi connectivity index (χ3n) is 5.36. The number of hydrogen-bond acceptors (Lipinski definition) is 2. The third-order valence-corrected chi connectivity index (χ3v) is 5.36. The molecule has 0 aromatic carbocycles. The molecule has 17 heavy (non-hydrogen) atoms. The van der Waals surface area contributed by atoms with E-state index >= 15 is 0 Å². The quantitative estimate of drug-likeness (QED) is 0.787. The lowest BCUT2D eigenvalue weighted by atomic mass is 9.78. The van der Waals surface area contributed by atoms with Gasteiger partial charge in [0, 0.05) is 6.04 Å². The molecule has 3 rings (SSSR count). The Morgan fingerprint density at radius 2 is 1.88 bits per heavy atom. The van der Waals surface area contributed by atoms with Gasteiger partial charge < -0.3 is 11.1 Å². The fourth-order valence-electron chi connectivity index (χ4n) is 4.49. The summed E-state index contributed by atoms with van der Waals surface area (Å²) in [7, 11) is 0. The molecule has 0 spiro atoms. The Morgan fingerprint density at radius 1 is 1.12 bits per heavy atom. The highest BCUT2D eigenvalue weighted by Gasteiger charge is 2.55. The minimum atomic E-state index is -0.342. The molecule has 0 radical (unpaired) electrons. The number of carbonyl (C=O) groups excluding carboxylic acids is 1. The number of amides is 1. The van der Waals surface area contributed by atoms with Crippen molar-refractivity contribution in [3.63, 3.8) is 0 Å². The summed E-state index contributed by atoms with van der Waals surface area (Å²) < 4.78 is 0. The van der Waals surface area contributed by atoms with Gasteiger partial charge in [-0.1, -0.05) is 25.7 Å². The van der Waals surface area contributed by atoms with Gasteiger partial charge in [-0.25, -0.2) is 0 Å². The Morgan fingerprint density at radius 3 is 2.41 bits per heavy atom. The monoisotopic (exact) mass is 236 g/mol. The molecule has 3 fully saturated rings. The average Bonchev–Trinajstić information content (AvgIpc) is 2.91. The van der Waals surface area contributed by atoms with Gasteiger partial charge in [-0.2, -0.15) is 0 Å². The number of carbonyl (C=O) groups is 1. The van der Waals surface area contributed by atoms with Crippen molar-refractivity contribution < 1.29 is 4.79 Å². The molecule has 96 valence electrons. The summed E-state index contributed by atoms with van der Waals surface area (Å²) in [6, 6.07) is 0.538. The summed E-state index contributed by atoms with van der Waals surface area (Å²) >= 11 is 0. The van der Waals surface area contributed by atoms with Crippen molar-refractivity contribution in [2.45, 2.75) is 69.4 Å². The van der Waals surface area contributed by atoms with E-state index in [2.05, 4.69) is 5.32 Å². The van der Waals surface area contributed by atoms with E-state index in [-0.39, 0.29) is 11.4 Å². The van der Waals surface area contributed by atoms with Crippen molar-refractivity contribution in [3.8, 4) is 0 Å². The minimum Gasteiger partial charge on any atom is -0.368 e. The highest BCUT2D eigenvalue weighted by atomic mass is 16.1. The van der Waals surface area contributed by atoms with Crippen LogP contribution in [0.5, 0.6) is 0 Å². The normalized spacial score (nSPS) is 41.9.